The second kappa shape index (κ2) is 9.27. The summed E-state index contributed by atoms with van der Waals surface area (Å²) in [7, 11) is 1.75. The van der Waals surface area contributed by atoms with Crippen molar-refractivity contribution in [2.75, 3.05) is 13.2 Å². The Morgan fingerprint density at radius 3 is 2.25 bits per heavy atom. The number of aryl methyl sites for hydroxylation is 1. The van der Waals surface area contributed by atoms with Gasteiger partial charge in [0.25, 0.3) is 11.8 Å². The van der Waals surface area contributed by atoms with Gasteiger partial charge < -0.3 is 14.0 Å². The highest BCUT2D eigenvalue weighted by atomic mass is 16.5. The molecule has 144 valence electrons. The molecule has 0 saturated carbocycles. The summed E-state index contributed by atoms with van der Waals surface area (Å²) in [5.74, 6) is 0.281. The molecule has 1 heterocycles. The monoisotopic (exact) mass is 379 g/mol. The minimum Gasteiger partial charge on any atom is -0.490 e. The Bertz CT molecular complexity index is 938. The largest absolute Gasteiger partial charge is 0.490 e. The Kier molecular flexibility index (Phi) is 6.30. The SMILES string of the molecule is Cn1cccc1C(=O)NNC(=O)c1ccccc1OCCOc1ccccc1. The van der Waals surface area contributed by atoms with Crippen molar-refractivity contribution in [3.05, 3.63) is 84.2 Å². The molecular formula is C21H21N3O4. The van der Waals surface area contributed by atoms with Crippen LogP contribution in [0.4, 0.5) is 0 Å². The van der Waals surface area contributed by atoms with Crippen LogP contribution in [-0.4, -0.2) is 29.6 Å². The Hall–Kier alpha value is -3.74. The van der Waals surface area contributed by atoms with Crippen molar-refractivity contribution in [1.82, 2.24) is 15.4 Å². The van der Waals surface area contributed by atoms with Crippen molar-refractivity contribution in [2.24, 2.45) is 7.05 Å². The van der Waals surface area contributed by atoms with Crippen LogP contribution in [0.3, 0.4) is 0 Å². The Balaban J connectivity index is 1.53. The minimum absolute atomic E-state index is 0.273. The van der Waals surface area contributed by atoms with Gasteiger partial charge in [0.05, 0.1) is 5.56 Å². The number of ether oxygens (including phenoxy) is 2. The van der Waals surface area contributed by atoms with Gasteiger partial charge in [-0.2, -0.15) is 0 Å². The predicted octanol–water partition coefficient (Wildman–Crippen LogP) is 2.56. The molecule has 7 heteroatoms. The van der Waals surface area contributed by atoms with Crippen LogP contribution in [0.25, 0.3) is 0 Å². The smallest absolute Gasteiger partial charge is 0.286 e. The van der Waals surface area contributed by atoms with Crippen molar-refractivity contribution in [3.63, 3.8) is 0 Å². The molecule has 0 aliphatic carbocycles. The zero-order valence-electron chi connectivity index (χ0n) is 15.4. The van der Waals surface area contributed by atoms with Crippen LogP contribution in [0.1, 0.15) is 20.8 Å². The lowest BCUT2D eigenvalue weighted by atomic mass is 10.2. The van der Waals surface area contributed by atoms with E-state index in [-0.39, 0.29) is 6.61 Å². The zero-order valence-corrected chi connectivity index (χ0v) is 15.4. The summed E-state index contributed by atoms with van der Waals surface area (Å²) >= 11 is 0. The molecule has 1 aromatic heterocycles. The first-order valence-corrected chi connectivity index (χ1v) is 8.77. The van der Waals surface area contributed by atoms with E-state index in [1.807, 2.05) is 30.3 Å². The second-order valence-electron chi connectivity index (χ2n) is 5.92. The Morgan fingerprint density at radius 1 is 0.821 bits per heavy atom. The van der Waals surface area contributed by atoms with Crippen molar-refractivity contribution in [2.45, 2.75) is 0 Å². The van der Waals surface area contributed by atoms with Crippen LogP contribution in [0, 0.1) is 0 Å². The maximum atomic E-state index is 12.4. The maximum Gasteiger partial charge on any atom is 0.286 e. The number of nitrogens with zero attached hydrogens (tertiary/aromatic N) is 1. The maximum absolute atomic E-state index is 12.4. The molecule has 3 aromatic rings. The number of nitrogens with one attached hydrogen (secondary N) is 2. The molecule has 2 aromatic carbocycles. The number of aromatic nitrogens is 1. The van der Waals surface area contributed by atoms with E-state index in [4.69, 9.17) is 9.47 Å². The fraction of sp³-hybridized carbons (Fsp3) is 0.143. The van der Waals surface area contributed by atoms with Crippen LogP contribution >= 0.6 is 0 Å². The molecule has 0 aliphatic heterocycles. The van der Waals surface area contributed by atoms with Gasteiger partial charge in [0.1, 0.15) is 30.4 Å². The van der Waals surface area contributed by atoms with Gasteiger partial charge in [-0.15, -0.1) is 0 Å². The van der Waals surface area contributed by atoms with E-state index >= 15 is 0 Å². The van der Waals surface area contributed by atoms with Gasteiger partial charge in [-0.25, -0.2) is 0 Å². The fourth-order valence-corrected chi connectivity index (χ4v) is 2.55. The standard InChI is InChI=1S/C21H21N3O4/c1-24-13-7-11-18(24)21(26)23-22-20(25)17-10-5-6-12-19(17)28-15-14-27-16-8-3-2-4-9-16/h2-13H,14-15H2,1H3,(H,22,25)(H,23,26). The third-order valence-electron chi connectivity index (χ3n) is 3.95. The number of hydrogen-bond donors (Lipinski definition) is 2. The molecule has 0 bridgehead atoms. The van der Waals surface area contributed by atoms with E-state index in [2.05, 4.69) is 10.9 Å². The lowest BCUT2D eigenvalue weighted by Gasteiger charge is -2.13. The van der Waals surface area contributed by atoms with Crippen molar-refractivity contribution in [3.8, 4) is 11.5 Å². The van der Waals surface area contributed by atoms with Gasteiger partial charge in [0.2, 0.25) is 0 Å². The second-order valence-corrected chi connectivity index (χ2v) is 5.92. The van der Waals surface area contributed by atoms with Gasteiger partial charge in [0, 0.05) is 13.2 Å². The number of amides is 2. The summed E-state index contributed by atoms with van der Waals surface area (Å²) in [4.78, 5) is 24.5. The summed E-state index contributed by atoms with van der Waals surface area (Å²) in [6, 6.07) is 19.6. The molecule has 2 N–H and O–H groups in total. The number of carbonyl (C=O) groups is 2. The third kappa shape index (κ3) is 4.91. The highest BCUT2D eigenvalue weighted by Gasteiger charge is 2.14. The van der Waals surface area contributed by atoms with E-state index in [1.54, 1.807) is 54.2 Å². The van der Waals surface area contributed by atoms with Crippen LogP contribution in [-0.2, 0) is 7.05 Å². The molecule has 3 rings (SSSR count). The number of benzene rings is 2. The average molecular weight is 379 g/mol. The van der Waals surface area contributed by atoms with Gasteiger partial charge in [-0.05, 0) is 36.4 Å². The minimum atomic E-state index is -0.470. The van der Waals surface area contributed by atoms with Gasteiger partial charge in [-0.1, -0.05) is 30.3 Å². The molecule has 0 fully saturated rings. The molecule has 2 amide bonds. The highest BCUT2D eigenvalue weighted by molar-refractivity contribution is 6.00. The number of hydrogen-bond acceptors (Lipinski definition) is 4. The first kappa shape index (κ1) is 19.0. The fourth-order valence-electron chi connectivity index (χ4n) is 2.55. The van der Waals surface area contributed by atoms with E-state index < -0.39 is 11.8 Å². The first-order valence-electron chi connectivity index (χ1n) is 8.77. The summed E-state index contributed by atoms with van der Waals surface area (Å²) < 4.78 is 12.9. The quantitative estimate of drug-likeness (QED) is 0.488. The molecule has 0 unspecified atom stereocenters. The Labute approximate surface area is 162 Å². The molecule has 0 atom stereocenters. The summed E-state index contributed by atoms with van der Waals surface area (Å²) in [6.07, 6.45) is 1.75. The van der Waals surface area contributed by atoms with Crippen LogP contribution in [0.15, 0.2) is 72.9 Å². The van der Waals surface area contributed by atoms with Gasteiger partial charge >= 0.3 is 0 Å². The van der Waals surface area contributed by atoms with E-state index in [1.165, 1.54) is 0 Å². The molecule has 0 saturated heterocycles. The molecule has 0 aliphatic rings. The molecular weight excluding hydrogens is 358 g/mol. The van der Waals surface area contributed by atoms with E-state index in [9.17, 15) is 9.59 Å². The van der Waals surface area contributed by atoms with Gasteiger partial charge in [0.15, 0.2) is 0 Å². The number of para-hydroxylation sites is 2. The lowest BCUT2D eigenvalue weighted by molar-refractivity contribution is 0.0839. The molecule has 28 heavy (non-hydrogen) atoms. The topological polar surface area (TPSA) is 81.6 Å². The summed E-state index contributed by atoms with van der Waals surface area (Å²) in [6.45, 7) is 0.610. The number of carbonyl (C=O) groups excluding carboxylic acids is 2. The average Bonchev–Trinajstić information content (AvgIpc) is 3.16. The van der Waals surface area contributed by atoms with Crippen LogP contribution in [0.5, 0.6) is 11.5 Å². The molecule has 0 radical (unpaired) electrons. The zero-order chi connectivity index (χ0) is 19.8. The first-order chi connectivity index (χ1) is 13.6. The van der Waals surface area contributed by atoms with Crippen molar-refractivity contribution in [1.29, 1.82) is 0 Å². The number of hydrazine groups is 1. The number of rotatable bonds is 7. The van der Waals surface area contributed by atoms with Gasteiger partial charge in [-0.3, -0.25) is 20.4 Å². The predicted molar refractivity (Wildman–Crippen MR) is 104 cm³/mol. The summed E-state index contributed by atoms with van der Waals surface area (Å²) in [5, 5.41) is 0. The summed E-state index contributed by atoms with van der Waals surface area (Å²) in [5.41, 5.74) is 5.56. The van der Waals surface area contributed by atoms with Crippen molar-refractivity contribution < 1.29 is 19.1 Å². The third-order valence-corrected chi connectivity index (χ3v) is 3.95. The normalized spacial score (nSPS) is 10.2. The highest BCUT2D eigenvalue weighted by Crippen LogP contribution is 2.18. The van der Waals surface area contributed by atoms with Crippen molar-refractivity contribution >= 4 is 11.8 Å². The van der Waals surface area contributed by atoms with Crippen LogP contribution < -0.4 is 20.3 Å². The van der Waals surface area contributed by atoms with E-state index in [0.29, 0.717) is 23.6 Å². The molecule has 7 nitrogen and oxygen atoms in total. The van der Waals surface area contributed by atoms with E-state index in [0.717, 1.165) is 5.75 Å². The lowest BCUT2D eigenvalue weighted by Crippen LogP contribution is -2.42. The molecule has 0 spiro atoms. The van der Waals surface area contributed by atoms with Crippen LogP contribution in [0.2, 0.25) is 0 Å². The Morgan fingerprint density at radius 2 is 1.50 bits per heavy atom.